The lowest BCUT2D eigenvalue weighted by atomic mass is 9.80. The Bertz CT molecular complexity index is 554. The molecule has 1 aromatic heterocycles. The van der Waals surface area contributed by atoms with Crippen LogP contribution in [0, 0.1) is 0 Å². The zero-order chi connectivity index (χ0) is 13.9. The topological polar surface area (TPSA) is 27.1 Å². The lowest BCUT2D eigenvalue weighted by molar-refractivity contribution is 0.322. The molecule has 19 heavy (non-hydrogen) atoms. The second-order valence-corrected chi connectivity index (χ2v) is 4.27. The first kappa shape index (κ1) is 13.5. The van der Waals surface area contributed by atoms with Gasteiger partial charge in [-0.05, 0) is 17.7 Å². The third-order valence-corrected chi connectivity index (χ3v) is 2.65. The van der Waals surface area contributed by atoms with Gasteiger partial charge in [-0.3, -0.25) is 4.68 Å². The number of benzene rings is 1. The van der Waals surface area contributed by atoms with E-state index in [1.54, 1.807) is 17.9 Å². The van der Waals surface area contributed by atoms with E-state index in [1.165, 1.54) is 12.1 Å². The van der Waals surface area contributed by atoms with E-state index in [2.05, 4.69) is 5.10 Å². The van der Waals surface area contributed by atoms with E-state index in [0.29, 0.717) is 13.0 Å². The summed E-state index contributed by atoms with van der Waals surface area (Å²) in [5, 5.41) is 4.00. The fraction of sp³-hybridized carbons (Fsp3) is 0.250. The van der Waals surface area contributed by atoms with E-state index in [-0.39, 0.29) is 5.75 Å². The molecule has 2 aromatic rings. The molecule has 2 rings (SSSR count). The highest BCUT2D eigenvalue weighted by molar-refractivity contribution is 6.73. The first-order chi connectivity index (χ1) is 8.95. The molecule has 0 aliphatic carbocycles. The normalized spacial score (nSPS) is 11.6. The molecule has 0 aliphatic rings. The Morgan fingerprint density at radius 2 is 2.11 bits per heavy atom. The van der Waals surface area contributed by atoms with Crippen LogP contribution in [0.3, 0.4) is 0 Å². The van der Waals surface area contributed by atoms with Crippen LogP contribution >= 0.6 is 0 Å². The molecule has 1 aromatic carbocycles. The molecule has 0 aliphatic heterocycles. The molecule has 0 bridgehead atoms. The smallest absolute Gasteiger partial charge is 0.493 e. The molecule has 102 valence electrons. The van der Waals surface area contributed by atoms with E-state index >= 15 is 0 Å². The predicted molar refractivity (Wildman–Crippen MR) is 67.6 cm³/mol. The first-order valence-electron chi connectivity index (χ1n) is 5.85. The second kappa shape index (κ2) is 5.38. The van der Waals surface area contributed by atoms with Gasteiger partial charge >= 0.3 is 6.98 Å². The van der Waals surface area contributed by atoms with Crippen LogP contribution in [0.5, 0.6) is 5.75 Å². The van der Waals surface area contributed by atoms with Crippen LogP contribution in [0.2, 0.25) is 0 Å². The Labute approximate surface area is 109 Å². The van der Waals surface area contributed by atoms with E-state index < -0.39 is 12.4 Å². The number of aromatic nitrogens is 2. The monoisotopic (exact) mass is 269 g/mol. The average molecular weight is 269 g/mol. The molecule has 0 amide bonds. The fourth-order valence-corrected chi connectivity index (χ4v) is 1.70. The molecule has 0 unspecified atom stereocenters. The standard InChI is InChI=1S/C12H13BF3N2O/c1-18-9-10(8-17-18)5-6-19-12-4-2-3-11(7-12)13(14,15)16/h2-4,7-9H,5-6H2,1H3/q-1. The number of rotatable bonds is 5. The van der Waals surface area contributed by atoms with Gasteiger partial charge in [-0.1, -0.05) is 12.1 Å². The summed E-state index contributed by atoms with van der Waals surface area (Å²) < 4.78 is 44.7. The van der Waals surface area contributed by atoms with Crippen LogP contribution in [-0.4, -0.2) is 23.4 Å². The Morgan fingerprint density at radius 1 is 1.32 bits per heavy atom. The summed E-state index contributed by atoms with van der Waals surface area (Å²) in [6.45, 7) is -4.66. The number of hydrogen-bond acceptors (Lipinski definition) is 2. The van der Waals surface area contributed by atoms with Gasteiger partial charge in [-0.15, -0.1) is 5.46 Å². The van der Waals surface area contributed by atoms with E-state index in [0.717, 1.165) is 17.7 Å². The number of aryl methyl sites for hydroxylation is 1. The minimum atomic E-state index is -4.98. The predicted octanol–water partition coefficient (Wildman–Crippen LogP) is 2.10. The molecule has 0 atom stereocenters. The molecule has 1 heterocycles. The molecule has 3 nitrogen and oxygen atoms in total. The minimum absolute atomic E-state index is 0.237. The van der Waals surface area contributed by atoms with Crippen molar-refractivity contribution in [3.8, 4) is 5.75 Å². The van der Waals surface area contributed by atoms with Crippen LogP contribution in [0.25, 0.3) is 0 Å². The van der Waals surface area contributed by atoms with Crippen molar-refractivity contribution >= 4 is 12.4 Å². The van der Waals surface area contributed by atoms with Crippen LogP contribution in [-0.2, 0) is 13.5 Å². The maximum absolute atomic E-state index is 12.6. The summed E-state index contributed by atoms with van der Waals surface area (Å²) >= 11 is 0. The maximum Gasteiger partial charge on any atom is 0.509 e. The molecular formula is C12H13BF3N2O-. The lowest BCUT2D eigenvalue weighted by Crippen LogP contribution is -2.33. The molecule has 0 N–H and O–H groups in total. The average Bonchev–Trinajstić information content (AvgIpc) is 2.74. The number of hydrogen-bond donors (Lipinski definition) is 0. The van der Waals surface area contributed by atoms with Gasteiger partial charge < -0.3 is 17.7 Å². The first-order valence-corrected chi connectivity index (χ1v) is 5.85. The Morgan fingerprint density at radius 3 is 2.74 bits per heavy atom. The number of halogens is 3. The van der Waals surface area contributed by atoms with Crippen LogP contribution < -0.4 is 10.2 Å². The molecule has 0 radical (unpaired) electrons. The highest BCUT2D eigenvalue weighted by Crippen LogP contribution is 2.14. The van der Waals surface area contributed by atoms with Gasteiger partial charge in [0.1, 0.15) is 5.75 Å². The zero-order valence-electron chi connectivity index (χ0n) is 10.4. The molecule has 0 saturated carbocycles. The maximum atomic E-state index is 12.6. The van der Waals surface area contributed by atoms with Crippen molar-refractivity contribution in [3.05, 3.63) is 42.2 Å². The Hall–Kier alpha value is -1.92. The van der Waals surface area contributed by atoms with Crippen LogP contribution in [0.1, 0.15) is 5.56 Å². The summed E-state index contributed by atoms with van der Waals surface area (Å²) in [4.78, 5) is 0. The molecule has 0 fully saturated rings. The molecule has 7 heteroatoms. The van der Waals surface area contributed by atoms with Crippen LogP contribution in [0.4, 0.5) is 12.9 Å². The van der Waals surface area contributed by atoms with Crippen molar-refractivity contribution in [2.75, 3.05) is 6.61 Å². The molecular weight excluding hydrogens is 256 g/mol. The third kappa shape index (κ3) is 3.77. The zero-order valence-corrected chi connectivity index (χ0v) is 10.4. The lowest BCUT2D eigenvalue weighted by Gasteiger charge is -2.15. The summed E-state index contributed by atoms with van der Waals surface area (Å²) in [5.74, 6) is 0.237. The summed E-state index contributed by atoms with van der Waals surface area (Å²) in [5.41, 5.74) is 0.345. The summed E-state index contributed by atoms with van der Waals surface area (Å²) in [6, 6.07) is 4.95. The van der Waals surface area contributed by atoms with Crippen molar-refractivity contribution < 1.29 is 17.7 Å². The van der Waals surface area contributed by atoms with E-state index in [9.17, 15) is 12.9 Å². The van der Waals surface area contributed by atoms with Crippen molar-refractivity contribution in [1.82, 2.24) is 9.78 Å². The second-order valence-electron chi connectivity index (χ2n) is 4.27. The molecule has 0 spiro atoms. The van der Waals surface area contributed by atoms with Gasteiger partial charge in [0.05, 0.1) is 12.8 Å². The van der Waals surface area contributed by atoms with Gasteiger partial charge in [-0.25, -0.2) is 0 Å². The Kier molecular flexibility index (Phi) is 3.83. The van der Waals surface area contributed by atoms with Crippen molar-refractivity contribution in [1.29, 1.82) is 0 Å². The quantitative estimate of drug-likeness (QED) is 0.777. The van der Waals surface area contributed by atoms with E-state index in [1.807, 2.05) is 6.20 Å². The third-order valence-electron chi connectivity index (χ3n) is 2.65. The SMILES string of the molecule is Cn1cc(CCOc2cccc([B-](F)(F)F)c2)cn1. The van der Waals surface area contributed by atoms with Gasteiger partial charge in [0, 0.05) is 19.7 Å². The highest BCUT2D eigenvalue weighted by Gasteiger charge is 2.25. The van der Waals surface area contributed by atoms with E-state index in [4.69, 9.17) is 4.74 Å². The van der Waals surface area contributed by atoms with Crippen molar-refractivity contribution in [2.24, 2.45) is 7.05 Å². The Balaban J connectivity index is 1.93. The van der Waals surface area contributed by atoms with Crippen LogP contribution in [0.15, 0.2) is 36.7 Å². The fourth-order valence-electron chi connectivity index (χ4n) is 1.70. The molecule has 0 saturated heterocycles. The largest absolute Gasteiger partial charge is 0.509 e. The minimum Gasteiger partial charge on any atom is -0.493 e. The van der Waals surface area contributed by atoms with Gasteiger partial charge in [-0.2, -0.15) is 5.10 Å². The van der Waals surface area contributed by atoms with Crippen molar-refractivity contribution in [3.63, 3.8) is 0 Å². The highest BCUT2D eigenvalue weighted by atomic mass is 19.4. The summed E-state index contributed by atoms with van der Waals surface area (Å²) in [7, 11) is 1.80. The number of nitrogens with zero attached hydrogens (tertiary/aromatic N) is 2. The summed E-state index contributed by atoms with van der Waals surface area (Å²) in [6.07, 6.45) is 4.16. The van der Waals surface area contributed by atoms with Gasteiger partial charge in [0.15, 0.2) is 0 Å². The van der Waals surface area contributed by atoms with Crippen molar-refractivity contribution in [2.45, 2.75) is 6.42 Å². The number of ether oxygens (including phenoxy) is 1. The van der Waals surface area contributed by atoms with Gasteiger partial charge in [0.25, 0.3) is 0 Å². The van der Waals surface area contributed by atoms with Gasteiger partial charge in [0.2, 0.25) is 0 Å².